The third-order valence-corrected chi connectivity index (χ3v) is 5.21. The molecule has 1 atom stereocenters. The highest BCUT2D eigenvalue weighted by Crippen LogP contribution is 2.26. The summed E-state index contributed by atoms with van der Waals surface area (Å²) in [5, 5.41) is 15.6. The average Bonchev–Trinajstić information content (AvgIpc) is 3.22. The van der Waals surface area contributed by atoms with E-state index in [1.807, 2.05) is 24.4 Å². The summed E-state index contributed by atoms with van der Waals surface area (Å²) in [6.07, 6.45) is 2.62. The van der Waals surface area contributed by atoms with Gasteiger partial charge in [-0.05, 0) is 42.3 Å². The molecule has 0 unspecified atom stereocenters. The molecule has 0 bridgehead atoms. The zero-order chi connectivity index (χ0) is 20.5. The van der Waals surface area contributed by atoms with Crippen molar-refractivity contribution in [3.8, 4) is 0 Å². The number of anilines is 1. The van der Waals surface area contributed by atoms with Crippen LogP contribution in [0.3, 0.4) is 0 Å². The number of amides is 2. The number of H-pyrrole nitrogens is 1. The fraction of sp³-hybridized carbons (Fsp3) is 0.200. The maximum Gasteiger partial charge on any atom is 0.269 e. The van der Waals surface area contributed by atoms with E-state index in [2.05, 4.69) is 10.3 Å². The van der Waals surface area contributed by atoms with E-state index < -0.39 is 11.0 Å². The van der Waals surface area contributed by atoms with Crippen LogP contribution >= 0.6 is 11.6 Å². The van der Waals surface area contributed by atoms with Gasteiger partial charge in [-0.3, -0.25) is 19.7 Å². The summed E-state index contributed by atoms with van der Waals surface area (Å²) in [7, 11) is 0. The standard InChI is InChI=1S/C20H17ClN4O4/c21-13-1-6-17-16(9-13)12(11-23-17)7-8-22-18-10-19(26)24(20(18)27)14-2-4-15(5-3-14)25(28)29/h1-6,9,11,18,22-23H,7-8,10H2/t18-/m0/s1. The van der Waals surface area contributed by atoms with Gasteiger partial charge in [0.05, 0.1) is 23.1 Å². The topological polar surface area (TPSA) is 108 Å². The average molecular weight is 413 g/mol. The van der Waals surface area contributed by atoms with Crippen LogP contribution in [0.15, 0.2) is 48.7 Å². The Morgan fingerprint density at radius 1 is 1.21 bits per heavy atom. The Labute approximate surface area is 170 Å². The van der Waals surface area contributed by atoms with Crippen LogP contribution in [0, 0.1) is 10.1 Å². The monoisotopic (exact) mass is 412 g/mol. The van der Waals surface area contributed by atoms with Gasteiger partial charge >= 0.3 is 0 Å². The molecule has 1 saturated heterocycles. The molecule has 8 nitrogen and oxygen atoms in total. The van der Waals surface area contributed by atoms with Crippen molar-refractivity contribution in [2.75, 3.05) is 11.4 Å². The predicted octanol–water partition coefficient (Wildman–Crippen LogP) is 3.19. The normalized spacial score (nSPS) is 16.7. The smallest absolute Gasteiger partial charge is 0.269 e. The molecular weight excluding hydrogens is 396 g/mol. The van der Waals surface area contributed by atoms with Crippen molar-refractivity contribution >= 4 is 45.7 Å². The molecule has 1 aliphatic rings. The van der Waals surface area contributed by atoms with Crippen LogP contribution < -0.4 is 10.2 Å². The predicted molar refractivity (Wildman–Crippen MR) is 109 cm³/mol. The van der Waals surface area contributed by atoms with Crippen molar-refractivity contribution in [3.05, 3.63) is 69.4 Å². The summed E-state index contributed by atoms with van der Waals surface area (Å²) in [4.78, 5) is 39.5. The number of halogens is 1. The number of hydrogen-bond acceptors (Lipinski definition) is 5. The van der Waals surface area contributed by atoms with Gasteiger partial charge in [-0.25, -0.2) is 4.90 Å². The first-order valence-corrected chi connectivity index (χ1v) is 9.42. The molecule has 0 saturated carbocycles. The number of carbonyl (C=O) groups is 2. The summed E-state index contributed by atoms with van der Waals surface area (Å²) in [6, 6.07) is 10.4. The van der Waals surface area contributed by atoms with Crippen LogP contribution in [0.5, 0.6) is 0 Å². The second-order valence-electron chi connectivity index (χ2n) is 6.81. The molecule has 1 aromatic heterocycles. The van der Waals surface area contributed by atoms with E-state index in [4.69, 9.17) is 11.6 Å². The third kappa shape index (κ3) is 3.72. The number of aromatic amines is 1. The molecule has 0 spiro atoms. The first kappa shape index (κ1) is 19.1. The van der Waals surface area contributed by atoms with E-state index in [0.29, 0.717) is 23.7 Å². The Morgan fingerprint density at radius 3 is 2.69 bits per heavy atom. The molecule has 29 heavy (non-hydrogen) atoms. The van der Waals surface area contributed by atoms with Crippen LogP contribution in [0.1, 0.15) is 12.0 Å². The van der Waals surface area contributed by atoms with Gasteiger partial charge in [-0.2, -0.15) is 0 Å². The molecule has 2 amide bonds. The second kappa shape index (κ2) is 7.65. The number of fused-ring (bicyclic) bond motifs is 1. The second-order valence-corrected chi connectivity index (χ2v) is 7.24. The molecule has 2 N–H and O–H groups in total. The van der Waals surface area contributed by atoms with Crippen molar-refractivity contribution in [3.63, 3.8) is 0 Å². The molecule has 1 fully saturated rings. The molecule has 0 radical (unpaired) electrons. The van der Waals surface area contributed by atoms with Crippen molar-refractivity contribution in [2.45, 2.75) is 18.9 Å². The first-order chi connectivity index (χ1) is 13.9. The molecular formula is C20H17ClN4O4. The van der Waals surface area contributed by atoms with Crippen LogP contribution in [0.25, 0.3) is 10.9 Å². The SMILES string of the molecule is O=C1C[C@H](NCCc2c[nH]c3ccc(Cl)cc23)C(=O)N1c1ccc([N+](=O)[O-])cc1. The van der Waals surface area contributed by atoms with Gasteiger partial charge in [0.15, 0.2) is 0 Å². The van der Waals surface area contributed by atoms with Gasteiger partial charge in [0.25, 0.3) is 11.6 Å². The van der Waals surface area contributed by atoms with Crippen molar-refractivity contribution in [2.24, 2.45) is 0 Å². The Hall–Kier alpha value is -3.23. The van der Waals surface area contributed by atoms with Gasteiger partial charge in [0, 0.05) is 40.8 Å². The quantitative estimate of drug-likeness (QED) is 0.367. The zero-order valence-corrected chi connectivity index (χ0v) is 16.0. The van der Waals surface area contributed by atoms with Crippen molar-refractivity contribution in [1.82, 2.24) is 10.3 Å². The number of rotatable bonds is 6. The number of nitrogens with one attached hydrogen (secondary N) is 2. The summed E-state index contributed by atoms with van der Waals surface area (Å²) in [5.41, 5.74) is 2.29. The lowest BCUT2D eigenvalue weighted by atomic mass is 10.1. The fourth-order valence-corrected chi connectivity index (χ4v) is 3.70. The summed E-state index contributed by atoms with van der Waals surface area (Å²) in [6.45, 7) is 0.511. The Bertz CT molecular complexity index is 1110. The van der Waals surface area contributed by atoms with Gasteiger partial charge in [0.2, 0.25) is 5.91 Å². The minimum Gasteiger partial charge on any atom is -0.361 e. The van der Waals surface area contributed by atoms with Crippen LogP contribution in [-0.2, 0) is 16.0 Å². The Kier molecular flexibility index (Phi) is 5.04. The molecule has 2 heterocycles. The maximum atomic E-state index is 12.7. The molecule has 4 rings (SSSR count). The van der Waals surface area contributed by atoms with Crippen LogP contribution in [-0.4, -0.2) is 34.3 Å². The fourth-order valence-electron chi connectivity index (χ4n) is 3.52. The van der Waals surface area contributed by atoms with E-state index in [1.54, 1.807) is 0 Å². The lowest BCUT2D eigenvalue weighted by molar-refractivity contribution is -0.384. The number of non-ortho nitro benzene ring substituents is 1. The Morgan fingerprint density at radius 2 is 1.97 bits per heavy atom. The van der Waals surface area contributed by atoms with Gasteiger partial charge in [-0.1, -0.05) is 11.6 Å². The lowest BCUT2D eigenvalue weighted by Crippen LogP contribution is -2.39. The molecule has 2 aromatic carbocycles. The number of imide groups is 1. The van der Waals surface area contributed by atoms with E-state index in [9.17, 15) is 19.7 Å². The number of benzene rings is 2. The largest absolute Gasteiger partial charge is 0.361 e. The minimum atomic E-state index is -0.619. The molecule has 9 heteroatoms. The van der Waals surface area contributed by atoms with Gasteiger partial charge in [-0.15, -0.1) is 0 Å². The Balaban J connectivity index is 1.41. The highest BCUT2D eigenvalue weighted by Gasteiger charge is 2.39. The number of hydrogen-bond donors (Lipinski definition) is 2. The number of aromatic nitrogens is 1. The molecule has 1 aliphatic heterocycles. The third-order valence-electron chi connectivity index (χ3n) is 4.98. The number of nitrogens with zero attached hydrogens (tertiary/aromatic N) is 2. The zero-order valence-electron chi connectivity index (χ0n) is 15.2. The van der Waals surface area contributed by atoms with Crippen molar-refractivity contribution in [1.29, 1.82) is 0 Å². The number of nitro groups is 1. The molecule has 3 aromatic rings. The lowest BCUT2D eigenvalue weighted by Gasteiger charge is -2.15. The van der Waals surface area contributed by atoms with Gasteiger partial charge < -0.3 is 10.3 Å². The van der Waals surface area contributed by atoms with Gasteiger partial charge in [0.1, 0.15) is 0 Å². The highest BCUT2D eigenvalue weighted by molar-refractivity contribution is 6.31. The van der Waals surface area contributed by atoms with E-state index in [-0.39, 0.29) is 23.9 Å². The molecule has 148 valence electrons. The maximum absolute atomic E-state index is 12.7. The highest BCUT2D eigenvalue weighted by atomic mass is 35.5. The molecule has 0 aliphatic carbocycles. The van der Waals surface area contributed by atoms with Crippen molar-refractivity contribution < 1.29 is 14.5 Å². The number of nitro benzene ring substituents is 1. The summed E-state index contributed by atoms with van der Waals surface area (Å²) < 4.78 is 0. The van der Waals surface area contributed by atoms with E-state index in [1.165, 1.54) is 24.3 Å². The van der Waals surface area contributed by atoms with E-state index in [0.717, 1.165) is 21.4 Å². The van der Waals surface area contributed by atoms with E-state index >= 15 is 0 Å². The summed E-state index contributed by atoms with van der Waals surface area (Å²) >= 11 is 6.07. The van der Waals surface area contributed by atoms with Crippen LogP contribution in [0.2, 0.25) is 5.02 Å². The van der Waals surface area contributed by atoms with Crippen LogP contribution in [0.4, 0.5) is 11.4 Å². The number of carbonyl (C=O) groups excluding carboxylic acids is 2. The first-order valence-electron chi connectivity index (χ1n) is 9.04. The minimum absolute atomic E-state index is 0.0511. The summed E-state index contributed by atoms with van der Waals surface area (Å²) in [5.74, 6) is -0.689.